The van der Waals surface area contributed by atoms with Crippen molar-refractivity contribution < 1.29 is 13.2 Å². The summed E-state index contributed by atoms with van der Waals surface area (Å²) in [5.74, 6) is 0. The van der Waals surface area contributed by atoms with Crippen LogP contribution in [0.25, 0.3) is 0 Å². The fourth-order valence-electron chi connectivity index (χ4n) is 2.57. The molecule has 1 saturated heterocycles. The van der Waals surface area contributed by atoms with E-state index in [0.717, 1.165) is 38.8 Å². The molecule has 1 atom stereocenters. The van der Waals surface area contributed by atoms with Gasteiger partial charge < -0.3 is 10.1 Å². The zero-order chi connectivity index (χ0) is 15.9. The second-order valence-corrected chi connectivity index (χ2v) is 8.06. The molecule has 6 nitrogen and oxygen atoms in total. The third kappa shape index (κ3) is 5.49. The van der Waals surface area contributed by atoms with Crippen LogP contribution in [0.15, 0.2) is 0 Å². The highest BCUT2D eigenvalue weighted by atomic mass is 32.2. The van der Waals surface area contributed by atoms with Crippen molar-refractivity contribution >= 4 is 10.2 Å². The Bertz CT molecular complexity index is 402. The minimum atomic E-state index is -3.38. The van der Waals surface area contributed by atoms with Crippen LogP contribution in [0, 0.1) is 0 Å². The van der Waals surface area contributed by atoms with Gasteiger partial charge in [-0.25, -0.2) is 0 Å². The first kappa shape index (κ1) is 18.8. The average Bonchev–Trinajstić information content (AvgIpc) is 2.47. The molecular weight excluding hydrogens is 290 g/mol. The van der Waals surface area contributed by atoms with E-state index in [1.807, 2.05) is 6.92 Å². The van der Waals surface area contributed by atoms with Crippen LogP contribution in [0.4, 0.5) is 0 Å². The van der Waals surface area contributed by atoms with Crippen molar-refractivity contribution in [1.82, 2.24) is 13.9 Å². The molecule has 1 fully saturated rings. The zero-order valence-corrected chi connectivity index (χ0v) is 14.7. The topological polar surface area (TPSA) is 61.9 Å². The summed E-state index contributed by atoms with van der Waals surface area (Å²) in [6.07, 6.45) is 3.66. The molecule has 0 aromatic rings. The predicted octanol–water partition coefficient (Wildman–Crippen LogP) is 1.05. The first-order chi connectivity index (χ1) is 9.85. The van der Waals surface area contributed by atoms with Gasteiger partial charge >= 0.3 is 0 Å². The maximum absolute atomic E-state index is 12.6. The molecule has 21 heavy (non-hydrogen) atoms. The Labute approximate surface area is 130 Å². The van der Waals surface area contributed by atoms with E-state index < -0.39 is 10.2 Å². The molecule has 1 N–H and O–H groups in total. The maximum atomic E-state index is 12.6. The van der Waals surface area contributed by atoms with Crippen LogP contribution >= 0.6 is 0 Å². The smallest absolute Gasteiger partial charge is 0.281 e. The van der Waals surface area contributed by atoms with Crippen molar-refractivity contribution in [3.05, 3.63) is 0 Å². The molecule has 126 valence electrons. The van der Waals surface area contributed by atoms with Gasteiger partial charge in [-0.1, -0.05) is 6.92 Å². The molecule has 7 heteroatoms. The van der Waals surface area contributed by atoms with Crippen molar-refractivity contribution in [2.24, 2.45) is 0 Å². The number of piperidine rings is 1. The van der Waals surface area contributed by atoms with E-state index in [1.54, 1.807) is 18.5 Å². The van der Waals surface area contributed by atoms with E-state index >= 15 is 0 Å². The largest absolute Gasteiger partial charge is 0.377 e. The van der Waals surface area contributed by atoms with Gasteiger partial charge in [0, 0.05) is 33.8 Å². The lowest BCUT2D eigenvalue weighted by atomic mass is 9.96. The van der Waals surface area contributed by atoms with Gasteiger partial charge in [-0.05, 0) is 45.7 Å². The van der Waals surface area contributed by atoms with Gasteiger partial charge in [0.2, 0.25) is 0 Å². The Balaban J connectivity index is 2.51. The second-order valence-electron chi connectivity index (χ2n) is 6.02. The summed E-state index contributed by atoms with van der Waals surface area (Å²) in [4.78, 5) is 0. The van der Waals surface area contributed by atoms with Gasteiger partial charge in [0.1, 0.15) is 0 Å². The van der Waals surface area contributed by atoms with Crippen LogP contribution in [-0.4, -0.2) is 69.5 Å². The van der Waals surface area contributed by atoms with Crippen LogP contribution in [0.5, 0.6) is 0 Å². The molecule has 0 aliphatic carbocycles. The SMILES string of the molecule is CCCNCCCN(C)S(=O)(=O)N1CCCC(C)(OC)C1. The zero-order valence-electron chi connectivity index (χ0n) is 13.9. The van der Waals surface area contributed by atoms with Gasteiger partial charge in [-0.2, -0.15) is 17.0 Å². The molecule has 1 aliphatic heterocycles. The van der Waals surface area contributed by atoms with Gasteiger partial charge in [0.15, 0.2) is 0 Å². The van der Waals surface area contributed by atoms with Crippen molar-refractivity contribution in [2.75, 3.05) is 46.9 Å². The Morgan fingerprint density at radius 2 is 2.10 bits per heavy atom. The minimum Gasteiger partial charge on any atom is -0.377 e. The van der Waals surface area contributed by atoms with E-state index in [9.17, 15) is 8.42 Å². The summed E-state index contributed by atoms with van der Waals surface area (Å²) in [5.41, 5.74) is -0.366. The summed E-state index contributed by atoms with van der Waals surface area (Å²) in [7, 11) is -0.0644. The standard InChI is InChI=1S/C14H31N3O3S/c1-5-9-15-10-7-11-16(3)21(18,19)17-12-6-8-14(2,13-17)20-4/h15H,5-13H2,1-4H3. The fourth-order valence-corrected chi connectivity index (χ4v) is 4.12. The Hall–Kier alpha value is -0.210. The Morgan fingerprint density at radius 3 is 2.71 bits per heavy atom. The lowest BCUT2D eigenvalue weighted by Crippen LogP contribution is -2.53. The second kappa shape index (κ2) is 8.43. The summed E-state index contributed by atoms with van der Waals surface area (Å²) >= 11 is 0. The summed E-state index contributed by atoms with van der Waals surface area (Å²) in [6.45, 7) is 7.48. The van der Waals surface area contributed by atoms with Crippen LogP contribution in [0.2, 0.25) is 0 Å². The number of rotatable bonds is 9. The fraction of sp³-hybridized carbons (Fsp3) is 1.00. The van der Waals surface area contributed by atoms with Crippen molar-refractivity contribution in [3.63, 3.8) is 0 Å². The molecule has 1 aliphatic rings. The highest BCUT2D eigenvalue weighted by Crippen LogP contribution is 2.26. The van der Waals surface area contributed by atoms with Crippen LogP contribution in [0.3, 0.4) is 0 Å². The van der Waals surface area contributed by atoms with E-state index in [-0.39, 0.29) is 5.60 Å². The van der Waals surface area contributed by atoms with Crippen molar-refractivity contribution in [2.45, 2.75) is 45.1 Å². The molecule has 1 unspecified atom stereocenters. The molecule has 0 bridgehead atoms. The molecule has 0 radical (unpaired) electrons. The van der Waals surface area contributed by atoms with E-state index in [4.69, 9.17) is 4.74 Å². The highest BCUT2D eigenvalue weighted by Gasteiger charge is 2.37. The number of hydrogen-bond donors (Lipinski definition) is 1. The van der Waals surface area contributed by atoms with Gasteiger partial charge in [-0.15, -0.1) is 0 Å². The maximum Gasteiger partial charge on any atom is 0.281 e. The highest BCUT2D eigenvalue weighted by molar-refractivity contribution is 7.86. The van der Waals surface area contributed by atoms with E-state index in [1.165, 1.54) is 4.31 Å². The molecule has 0 aromatic carbocycles. The third-order valence-corrected chi connectivity index (χ3v) is 6.02. The molecular formula is C14H31N3O3S. The average molecular weight is 321 g/mol. The third-order valence-electron chi connectivity index (χ3n) is 4.09. The first-order valence-corrected chi connectivity index (χ1v) is 9.23. The Kier molecular flexibility index (Phi) is 7.56. The van der Waals surface area contributed by atoms with Gasteiger partial charge in [-0.3, -0.25) is 0 Å². The van der Waals surface area contributed by atoms with E-state index in [0.29, 0.717) is 19.6 Å². The quantitative estimate of drug-likeness (QED) is 0.645. The first-order valence-electron chi connectivity index (χ1n) is 7.83. The van der Waals surface area contributed by atoms with Gasteiger partial charge in [0.05, 0.1) is 5.60 Å². The predicted molar refractivity (Wildman–Crippen MR) is 85.5 cm³/mol. The number of hydrogen-bond acceptors (Lipinski definition) is 4. The molecule has 0 spiro atoms. The summed E-state index contributed by atoms with van der Waals surface area (Å²) in [6, 6.07) is 0. The van der Waals surface area contributed by atoms with Crippen LogP contribution in [0.1, 0.15) is 39.5 Å². The van der Waals surface area contributed by atoms with Crippen LogP contribution < -0.4 is 5.32 Å². The summed E-state index contributed by atoms with van der Waals surface area (Å²) in [5, 5.41) is 3.29. The number of ether oxygens (including phenoxy) is 1. The molecule has 1 rings (SSSR count). The lowest BCUT2D eigenvalue weighted by Gasteiger charge is -2.39. The van der Waals surface area contributed by atoms with Crippen molar-refractivity contribution in [1.29, 1.82) is 0 Å². The molecule has 0 saturated carbocycles. The number of nitrogens with zero attached hydrogens (tertiary/aromatic N) is 2. The van der Waals surface area contributed by atoms with Gasteiger partial charge in [0.25, 0.3) is 10.2 Å². The van der Waals surface area contributed by atoms with Crippen molar-refractivity contribution in [3.8, 4) is 0 Å². The lowest BCUT2D eigenvalue weighted by molar-refractivity contribution is -0.0328. The van der Waals surface area contributed by atoms with E-state index in [2.05, 4.69) is 12.2 Å². The Morgan fingerprint density at radius 1 is 1.38 bits per heavy atom. The normalized spacial score (nSPS) is 24.6. The minimum absolute atomic E-state index is 0.366. The molecule has 0 aromatic heterocycles. The molecule has 1 heterocycles. The summed E-state index contributed by atoms with van der Waals surface area (Å²) < 4.78 is 33.7. The number of nitrogens with one attached hydrogen (secondary N) is 1. The monoisotopic (exact) mass is 321 g/mol. The molecule has 0 amide bonds. The number of methoxy groups -OCH3 is 1. The van der Waals surface area contributed by atoms with Crippen LogP contribution in [-0.2, 0) is 14.9 Å².